The number of likely N-dealkylation sites (N-methyl/N-ethyl adjacent to an activating group) is 1. The maximum Gasteiger partial charge on any atom is 0.325 e. The molecule has 4 heterocycles. The molecule has 176 valence electrons. The first-order valence-electron chi connectivity index (χ1n) is 11.5. The lowest BCUT2D eigenvalue weighted by atomic mass is 10.2. The number of aromatic amines is 1. The number of halogens is 1. The predicted molar refractivity (Wildman–Crippen MR) is 127 cm³/mol. The molecule has 0 bridgehead atoms. The van der Waals surface area contributed by atoms with Crippen molar-refractivity contribution in [3.05, 3.63) is 47.5 Å². The minimum absolute atomic E-state index is 0.131. The van der Waals surface area contributed by atoms with E-state index >= 15 is 0 Å². The lowest BCUT2D eigenvalue weighted by Crippen LogP contribution is -2.44. The second-order valence-corrected chi connectivity index (χ2v) is 9.12. The van der Waals surface area contributed by atoms with Gasteiger partial charge in [-0.1, -0.05) is 5.16 Å². The fourth-order valence-corrected chi connectivity index (χ4v) is 4.24. The number of aromatic nitrogens is 4. The fraction of sp³-hybridized carbons (Fsp3) is 0.375. The zero-order valence-electron chi connectivity index (χ0n) is 19.1. The Balaban J connectivity index is 1.32. The largest absolute Gasteiger partial charge is 0.424 e. The average molecular weight is 464 g/mol. The van der Waals surface area contributed by atoms with Gasteiger partial charge >= 0.3 is 6.01 Å². The summed E-state index contributed by atoms with van der Waals surface area (Å²) in [5, 5.41) is 8.07. The van der Waals surface area contributed by atoms with Crippen molar-refractivity contribution in [2.45, 2.75) is 25.7 Å². The van der Waals surface area contributed by atoms with Gasteiger partial charge in [-0.25, -0.2) is 4.39 Å². The predicted octanol–water partition coefficient (Wildman–Crippen LogP) is 4.56. The summed E-state index contributed by atoms with van der Waals surface area (Å²) < 4.78 is 26.0. The number of rotatable bonds is 6. The standard InChI is InChI=1S/C24H26FN7O2/c1-14-9-16-10-17(11-18(25)23(16)26-14)33-24-28-20(27-22-12-19(30-34-22)15-3-4-15)13-21(29-24)32-7-5-31(2)6-8-32/h9-13,15,26H,3-8H2,1-2H3,(H,27,28,29). The van der Waals surface area contributed by atoms with E-state index in [1.807, 2.05) is 25.1 Å². The summed E-state index contributed by atoms with van der Waals surface area (Å²) in [5.41, 5.74) is 2.29. The maximum absolute atomic E-state index is 14.6. The Morgan fingerprint density at radius 2 is 1.91 bits per heavy atom. The van der Waals surface area contributed by atoms with Crippen LogP contribution in [0.15, 0.2) is 34.9 Å². The van der Waals surface area contributed by atoms with Crippen LogP contribution in [0.4, 0.5) is 21.9 Å². The van der Waals surface area contributed by atoms with Crippen LogP contribution in [0, 0.1) is 12.7 Å². The number of hydrogen-bond acceptors (Lipinski definition) is 8. The number of fused-ring (bicyclic) bond motifs is 1. The normalized spacial score (nSPS) is 16.9. The van der Waals surface area contributed by atoms with Crippen molar-refractivity contribution in [3.63, 3.8) is 0 Å². The van der Waals surface area contributed by atoms with E-state index in [9.17, 15) is 4.39 Å². The van der Waals surface area contributed by atoms with E-state index in [1.54, 1.807) is 6.07 Å². The Bertz CT molecular complexity index is 1340. The third-order valence-corrected chi connectivity index (χ3v) is 6.29. The van der Waals surface area contributed by atoms with Crippen LogP contribution < -0.4 is 15.0 Å². The first-order valence-corrected chi connectivity index (χ1v) is 11.5. The van der Waals surface area contributed by atoms with Gasteiger partial charge in [0.05, 0.1) is 11.2 Å². The van der Waals surface area contributed by atoms with E-state index in [0.717, 1.165) is 61.6 Å². The van der Waals surface area contributed by atoms with Gasteiger partial charge < -0.3 is 29.4 Å². The molecule has 0 amide bonds. The highest BCUT2D eigenvalue weighted by atomic mass is 19.1. The molecule has 3 aromatic heterocycles. The van der Waals surface area contributed by atoms with Crippen molar-refractivity contribution in [1.29, 1.82) is 0 Å². The number of benzene rings is 1. The van der Waals surface area contributed by atoms with E-state index in [1.165, 1.54) is 6.07 Å². The van der Waals surface area contributed by atoms with Crippen molar-refractivity contribution in [1.82, 2.24) is 25.0 Å². The van der Waals surface area contributed by atoms with Gasteiger partial charge in [-0.2, -0.15) is 9.97 Å². The number of nitrogens with one attached hydrogen (secondary N) is 2. The summed E-state index contributed by atoms with van der Waals surface area (Å²) >= 11 is 0. The number of anilines is 3. The molecule has 4 aromatic rings. The molecule has 2 N–H and O–H groups in total. The molecule has 0 unspecified atom stereocenters. The van der Waals surface area contributed by atoms with E-state index in [0.29, 0.717) is 28.9 Å². The molecule has 2 aliphatic rings. The summed E-state index contributed by atoms with van der Waals surface area (Å²) in [7, 11) is 2.10. The van der Waals surface area contributed by atoms with E-state index in [-0.39, 0.29) is 11.8 Å². The van der Waals surface area contributed by atoms with Gasteiger partial charge in [0.15, 0.2) is 5.82 Å². The number of ether oxygens (including phenoxy) is 1. The molecule has 34 heavy (non-hydrogen) atoms. The molecule has 0 radical (unpaired) electrons. The molecule has 1 aliphatic heterocycles. The zero-order valence-corrected chi connectivity index (χ0v) is 19.1. The lowest BCUT2D eigenvalue weighted by molar-refractivity contribution is 0.311. The van der Waals surface area contributed by atoms with Crippen molar-refractivity contribution in [3.8, 4) is 11.8 Å². The number of aryl methyl sites for hydroxylation is 1. The van der Waals surface area contributed by atoms with E-state index < -0.39 is 0 Å². The van der Waals surface area contributed by atoms with Crippen molar-refractivity contribution in [2.75, 3.05) is 43.4 Å². The van der Waals surface area contributed by atoms with Crippen LogP contribution in [-0.4, -0.2) is 58.2 Å². The first-order chi connectivity index (χ1) is 16.5. The van der Waals surface area contributed by atoms with Crippen LogP contribution in [0.5, 0.6) is 11.8 Å². The van der Waals surface area contributed by atoms with Gasteiger partial charge in [0.2, 0.25) is 5.88 Å². The quantitative estimate of drug-likeness (QED) is 0.430. The molecule has 0 spiro atoms. The topological polar surface area (TPSA) is 95.3 Å². The lowest BCUT2D eigenvalue weighted by Gasteiger charge is -2.33. The molecule has 1 aromatic carbocycles. The molecular formula is C24H26FN7O2. The van der Waals surface area contributed by atoms with Gasteiger partial charge in [-0.15, -0.1) is 0 Å². The third kappa shape index (κ3) is 4.28. The summed E-state index contributed by atoms with van der Waals surface area (Å²) in [6, 6.07) is 8.91. The van der Waals surface area contributed by atoms with Crippen molar-refractivity contribution in [2.24, 2.45) is 0 Å². The van der Waals surface area contributed by atoms with Crippen LogP contribution in [-0.2, 0) is 0 Å². The molecule has 1 saturated carbocycles. The Morgan fingerprint density at radius 3 is 2.71 bits per heavy atom. The fourth-order valence-electron chi connectivity index (χ4n) is 4.24. The van der Waals surface area contributed by atoms with E-state index in [4.69, 9.17) is 9.26 Å². The summed E-state index contributed by atoms with van der Waals surface area (Å²) in [6.07, 6.45) is 2.29. The summed E-state index contributed by atoms with van der Waals surface area (Å²) in [5.74, 6) is 2.22. The average Bonchev–Trinajstić information content (AvgIpc) is 3.43. The highest BCUT2D eigenvalue weighted by Crippen LogP contribution is 2.40. The Morgan fingerprint density at radius 1 is 1.09 bits per heavy atom. The van der Waals surface area contributed by atoms with Gasteiger partial charge in [-0.05, 0) is 38.9 Å². The second-order valence-electron chi connectivity index (χ2n) is 9.12. The number of H-pyrrole nitrogens is 1. The van der Waals surface area contributed by atoms with Crippen LogP contribution in [0.2, 0.25) is 0 Å². The van der Waals surface area contributed by atoms with E-state index in [2.05, 4.69) is 42.3 Å². The SMILES string of the molecule is Cc1cc2cc(Oc3nc(Nc4cc(C5CC5)no4)cc(N4CCN(C)CC4)n3)cc(F)c2[nH]1. The molecule has 1 aliphatic carbocycles. The van der Waals surface area contributed by atoms with Gasteiger partial charge in [-0.3, -0.25) is 0 Å². The second kappa shape index (κ2) is 8.28. The highest BCUT2D eigenvalue weighted by molar-refractivity contribution is 5.82. The monoisotopic (exact) mass is 463 g/mol. The summed E-state index contributed by atoms with van der Waals surface area (Å²) in [4.78, 5) is 16.6. The van der Waals surface area contributed by atoms with Crippen LogP contribution in [0.3, 0.4) is 0 Å². The van der Waals surface area contributed by atoms with Crippen LogP contribution >= 0.6 is 0 Å². The van der Waals surface area contributed by atoms with Crippen LogP contribution in [0.1, 0.15) is 30.1 Å². The Labute approximate surface area is 195 Å². The minimum Gasteiger partial charge on any atom is -0.424 e. The number of hydrogen-bond donors (Lipinski definition) is 2. The van der Waals surface area contributed by atoms with Crippen molar-refractivity contribution < 1.29 is 13.7 Å². The molecule has 2 fully saturated rings. The maximum atomic E-state index is 14.6. The highest BCUT2D eigenvalue weighted by Gasteiger charge is 2.27. The first kappa shape index (κ1) is 20.9. The zero-order chi connectivity index (χ0) is 23.2. The molecule has 1 saturated heterocycles. The molecule has 6 rings (SSSR count). The molecule has 10 heteroatoms. The smallest absolute Gasteiger partial charge is 0.325 e. The Hall–Kier alpha value is -3.66. The van der Waals surface area contributed by atoms with Gasteiger partial charge in [0, 0.05) is 61.4 Å². The number of nitrogens with zero attached hydrogens (tertiary/aromatic N) is 5. The summed E-state index contributed by atoms with van der Waals surface area (Å²) in [6.45, 7) is 5.43. The van der Waals surface area contributed by atoms with Gasteiger partial charge in [0.25, 0.3) is 0 Å². The Kier molecular flexibility index (Phi) is 5.09. The van der Waals surface area contributed by atoms with Gasteiger partial charge in [0.1, 0.15) is 17.4 Å². The molecule has 0 atom stereocenters. The van der Waals surface area contributed by atoms with Crippen molar-refractivity contribution >= 4 is 28.4 Å². The molecule has 9 nitrogen and oxygen atoms in total. The molecular weight excluding hydrogens is 437 g/mol. The minimum atomic E-state index is -0.386. The third-order valence-electron chi connectivity index (χ3n) is 6.29. The number of piperazine rings is 1. The van der Waals surface area contributed by atoms with Crippen LogP contribution in [0.25, 0.3) is 10.9 Å².